The molecule has 0 bridgehead atoms. The van der Waals surface area contributed by atoms with Gasteiger partial charge in [-0.2, -0.15) is 0 Å². The van der Waals surface area contributed by atoms with Crippen LogP contribution in [-0.2, 0) is 16.6 Å². The highest BCUT2D eigenvalue weighted by Gasteiger charge is 2.14. The zero-order valence-corrected chi connectivity index (χ0v) is 15.5. The molecule has 0 aliphatic heterocycles. The number of hydrogen-bond donors (Lipinski definition) is 1. The van der Waals surface area contributed by atoms with Gasteiger partial charge in [0, 0.05) is 15.1 Å². The summed E-state index contributed by atoms with van der Waals surface area (Å²) in [5.74, 6) is 1.22. The summed E-state index contributed by atoms with van der Waals surface area (Å²) >= 11 is 9.15. The van der Waals surface area contributed by atoms with Crippen LogP contribution in [0.3, 0.4) is 0 Å². The molecule has 1 aromatic heterocycles. The Bertz CT molecular complexity index is 935. The second-order valence-electron chi connectivity index (χ2n) is 5.05. The normalized spacial score (nSPS) is 11.6. The van der Waals surface area contributed by atoms with E-state index >= 15 is 0 Å². The quantitative estimate of drug-likeness (QED) is 0.635. The Morgan fingerprint density at radius 3 is 2.29 bits per heavy atom. The maximum atomic E-state index is 12.2. The van der Waals surface area contributed by atoms with Crippen LogP contribution in [-0.4, -0.2) is 8.42 Å². The molecule has 4 nitrogen and oxygen atoms in total. The van der Waals surface area contributed by atoms with E-state index in [2.05, 4.69) is 20.7 Å². The van der Waals surface area contributed by atoms with Gasteiger partial charge >= 0.3 is 0 Å². The van der Waals surface area contributed by atoms with Crippen molar-refractivity contribution in [2.75, 3.05) is 0 Å². The number of benzene rings is 2. The van der Waals surface area contributed by atoms with Gasteiger partial charge in [0.05, 0.1) is 11.4 Å². The first-order valence-electron chi connectivity index (χ1n) is 7.04. The van der Waals surface area contributed by atoms with Gasteiger partial charge in [0.1, 0.15) is 11.5 Å². The molecule has 0 amide bonds. The zero-order valence-electron chi connectivity index (χ0n) is 12.4. The highest BCUT2D eigenvalue weighted by molar-refractivity contribution is 9.10. The van der Waals surface area contributed by atoms with E-state index in [1.165, 1.54) is 24.3 Å². The van der Waals surface area contributed by atoms with E-state index < -0.39 is 10.0 Å². The number of halogens is 2. The molecule has 2 aromatic carbocycles. The number of hydrogen-bond acceptors (Lipinski definition) is 3. The second-order valence-corrected chi connectivity index (χ2v) is 8.17. The van der Waals surface area contributed by atoms with Crippen molar-refractivity contribution in [3.8, 4) is 11.3 Å². The SMILES string of the molecule is O=S(=O)(NCc1ccc(-c2ccc(Br)cc2)o1)c1ccc(Cl)cc1. The Hall–Kier alpha value is -1.60. The molecule has 3 aromatic rings. The van der Waals surface area contributed by atoms with Gasteiger partial charge in [-0.15, -0.1) is 0 Å². The third kappa shape index (κ3) is 4.08. The van der Waals surface area contributed by atoms with Crippen LogP contribution < -0.4 is 4.72 Å². The lowest BCUT2D eigenvalue weighted by atomic mass is 10.2. The fourth-order valence-corrected chi connectivity index (χ4v) is 3.49. The number of rotatable bonds is 5. The predicted octanol–water partition coefficient (Wildman–Crippen LogP) is 4.84. The fourth-order valence-electron chi connectivity index (χ4n) is 2.11. The van der Waals surface area contributed by atoms with E-state index in [-0.39, 0.29) is 11.4 Å². The van der Waals surface area contributed by atoms with Crippen molar-refractivity contribution in [2.45, 2.75) is 11.4 Å². The van der Waals surface area contributed by atoms with Crippen molar-refractivity contribution < 1.29 is 12.8 Å². The molecule has 0 fully saturated rings. The van der Waals surface area contributed by atoms with E-state index in [1.54, 1.807) is 6.07 Å². The van der Waals surface area contributed by atoms with Crippen molar-refractivity contribution in [3.05, 3.63) is 75.9 Å². The average Bonchev–Trinajstić information content (AvgIpc) is 3.03. The molecule has 3 rings (SSSR count). The smallest absolute Gasteiger partial charge is 0.240 e. The molecule has 7 heteroatoms. The molecule has 0 radical (unpaired) electrons. The molecule has 0 saturated heterocycles. The van der Waals surface area contributed by atoms with Gasteiger partial charge in [0.25, 0.3) is 0 Å². The molecule has 0 aliphatic rings. The van der Waals surface area contributed by atoms with Crippen molar-refractivity contribution in [3.63, 3.8) is 0 Å². The van der Waals surface area contributed by atoms with E-state index in [0.29, 0.717) is 16.5 Å². The maximum absolute atomic E-state index is 12.2. The van der Waals surface area contributed by atoms with Crippen LogP contribution in [0.25, 0.3) is 11.3 Å². The Kier molecular flexibility index (Phi) is 5.10. The van der Waals surface area contributed by atoms with Crippen LogP contribution in [0, 0.1) is 0 Å². The summed E-state index contributed by atoms with van der Waals surface area (Å²) < 4.78 is 33.6. The van der Waals surface area contributed by atoms with E-state index in [9.17, 15) is 8.42 Å². The standard InChI is InChI=1S/C17H13BrClNO3S/c18-13-3-1-12(2-4-13)17-10-7-15(23-17)11-20-24(21,22)16-8-5-14(19)6-9-16/h1-10,20H,11H2. The first-order valence-corrected chi connectivity index (χ1v) is 9.69. The van der Waals surface area contributed by atoms with Crippen molar-refractivity contribution in [1.82, 2.24) is 4.72 Å². The molecular formula is C17H13BrClNO3S. The summed E-state index contributed by atoms with van der Waals surface area (Å²) in [5.41, 5.74) is 0.921. The minimum absolute atomic E-state index is 0.0709. The van der Waals surface area contributed by atoms with E-state index in [0.717, 1.165) is 10.0 Å². The van der Waals surface area contributed by atoms with Gasteiger partial charge in [-0.3, -0.25) is 0 Å². The topological polar surface area (TPSA) is 59.3 Å². The lowest BCUT2D eigenvalue weighted by Gasteiger charge is -2.05. The molecule has 1 N–H and O–H groups in total. The molecule has 0 unspecified atom stereocenters. The zero-order chi connectivity index (χ0) is 17.2. The lowest BCUT2D eigenvalue weighted by molar-refractivity contribution is 0.509. The van der Waals surface area contributed by atoms with Crippen molar-refractivity contribution >= 4 is 37.6 Å². The van der Waals surface area contributed by atoms with Crippen LogP contribution in [0.5, 0.6) is 0 Å². The minimum Gasteiger partial charge on any atom is -0.460 e. The van der Waals surface area contributed by atoms with Crippen LogP contribution in [0.15, 0.2) is 74.4 Å². The average molecular weight is 427 g/mol. The Morgan fingerprint density at radius 2 is 1.62 bits per heavy atom. The van der Waals surface area contributed by atoms with Crippen LogP contribution >= 0.6 is 27.5 Å². The van der Waals surface area contributed by atoms with Crippen LogP contribution in [0.1, 0.15) is 5.76 Å². The molecule has 24 heavy (non-hydrogen) atoms. The van der Waals surface area contributed by atoms with Gasteiger partial charge in [-0.25, -0.2) is 13.1 Å². The summed E-state index contributed by atoms with van der Waals surface area (Å²) in [6, 6.07) is 17.2. The third-order valence-corrected chi connectivity index (χ3v) is 5.55. The molecule has 0 atom stereocenters. The third-order valence-electron chi connectivity index (χ3n) is 3.35. The summed E-state index contributed by atoms with van der Waals surface area (Å²) in [6.07, 6.45) is 0. The molecule has 0 spiro atoms. The van der Waals surface area contributed by atoms with E-state index in [1.807, 2.05) is 30.3 Å². The van der Waals surface area contributed by atoms with Gasteiger partial charge < -0.3 is 4.42 Å². The van der Waals surface area contributed by atoms with Crippen molar-refractivity contribution in [2.24, 2.45) is 0 Å². The molecule has 0 aliphatic carbocycles. The first-order chi connectivity index (χ1) is 11.4. The summed E-state index contributed by atoms with van der Waals surface area (Å²) in [4.78, 5) is 0.159. The highest BCUT2D eigenvalue weighted by Crippen LogP contribution is 2.24. The summed E-state index contributed by atoms with van der Waals surface area (Å²) in [5, 5.41) is 0.485. The first kappa shape index (κ1) is 17.2. The molecular weight excluding hydrogens is 414 g/mol. The Labute approximate surface area is 153 Å². The Morgan fingerprint density at radius 1 is 0.958 bits per heavy atom. The van der Waals surface area contributed by atoms with Gasteiger partial charge in [0.15, 0.2) is 0 Å². The second kappa shape index (κ2) is 7.11. The lowest BCUT2D eigenvalue weighted by Crippen LogP contribution is -2.22. The number of sulfonamides is 1. The minimum atomic E-state index is -3.61. The van der Waals surface area contributed by atoms with Gasteiger partial charge in [-0.1, -0.05) is 39.7 Å². The van der Waals surface area contributed by atoms with E-state index in [4.69, 9.17) is 16.0 Å². The van der Waals surface area contributed by atoms with Crippen LogP contribution in [0.2, 0.25) is 5.02 Å². The maximum Gasteiger partial charge on any atom is 0.240 e. The summed E-state index contributed by atoms with van der Waals surface area (Å²) in [7, 11) is -3.61. The summed E-state index contributed by atoms with van der Waals surface area (Å²) in [6.45, 7) is 0.0709. The Balaban J connectivity index is 1.71. The molecule has 124 valence electrons. The van der Waals surface area contributed by atoms with Crippen molar-refractivity contribution in [1.29, 1.82) is 0 Å². The van der Waals surface area contributed by atoms with Gasteiger partial charge in [0.2, 0.25) is 10.0 Å². The van der Waals surface area contributed by atoms with Gasteiger partial charge in [-0.05, 0) is 48.5 Å². The number of nitrogens with one attached hydrogen (secondary N) is 1. The fraction of sp³-hybridized carbons (Fsp3) is 0.0588. The molecule has 0 saturated carbocycles. The van der Waals surface area contributed by atoms with Crippen LogP contribution in [0.4, 0.5) is 0 Å². The highest BCUT2D eigenvalue weighted by atomic mass is 79.9. The number of furan rings is 1. The molecule has 1 heterocycles. The predicted molar refractivity (Wildman–Crippen MR) is 97.3 cm³/mol. The monoisotopic (exact) mass is 425 g/mol. The largest absolute Gasteiger partial charge is 0.460 e.